The Hall–Kier alpha value is -2.65. The Morgan fingerprint density at radius 2 is 2.00 bits per heavy atom. The molecule has 2 heterocycles. The van der Waals surface area contributed by atoms with Crippen LogP contribution >= 0.6 is 27.7 Å². The Bertz CT molecular complexity index is 1140. The lowest BCUT2D eigenvalue weighted by atomic mass is 10.0. The highest BCUT2D eigenvalue weighted by Crippen LogP contribution is 2.42. The van der Waals surface area contributed by atoms with Crippen LogP contribution in [0.25, 0.3) is 11.3 Å². The quantitative estimate of drug-likeness (QED) is 0.392. The van der Waals surface area contributed by atoms with Crippen LogP contribution in [0.2, 0.25) is 0 Å². The smallest absolute Gasteiger partial charge is 0.293 e. The van der Waals surface area contributed by atoms with Gasteiger partial charge in [0.05, 0.1) is 23.7 Å². The summed E-state index contributed by atoms with van der Waals surface area (Å²) in [5, 5.41) is 18.2. The first kappa shape index (κ1) is 21.6. The number of amides is 1. The first-order valence-electron chi connectivity index (χ1n) is 9.90. The number of ether oxygens (including phenoxy) is 1. The van der Waals surface area contributed by atoms with Crippen molar-refractivity contribution in [3.05, 3.63) is 52.5 Å². The number of rotatable bonds is 5. The van der Waals surface area contributed by atoms with E-state index in [0.717, 1.165) is 21.5 Å². The summed E-state index contributed by atoms with van der Waals surface area (Å²) in [6.45, 7) is 5.97. The first-order chi connectivity index (χ1) is 14.9. The van der Waals surface area contributed by atoms with Gasteiger partial charge in [0.15, 0.2) is 0 Å². The molecule has 4 rings (SSSR count). The number of thioether (sulfide) groups is 1. The second kappa shape index (κ2) is 8.84. The minimum Gasteiger partial charge on any atom is -0.854 e. The van der Waals surface area contributed by atoms with Crippen LogP contribution < -0.4 is 19.4 Å². The second-order valence-corrected chi connectivity index (χ2v) is 9.00. The van der Waals surface area contributed by atoms with Crippen LogP contribution in [0.4, 0.5) is 5.69 Å². The number of hydrogen-bond donors (Lipinski definition) is 0. The van der Waals surface area contributed by atoms with Crippen molar-refractivity contribution in [1.82, 2.24) is 10.1 Å². The van der Waals surface area contributed by atoms with Gasteiger partial charge in [0.2, 0.25) is 5.91 Å². The summed E-state index contributed by atoms with van der Waals surface area (Å²) >= 11 is 4.86. The summed E-state index contributed by atoms with van der Waals surface area (Å²) in [6.07, 6.45) is -0.622. The molecule has 9 heteroatoms. The van der Waals surface area contributed by atoms with Crippen molar-refractivity contribution in [2.24, 2.45) is 0 Å². The monoisotopic (exact) mass is 500 g/mol. The van der Waals surface area contributed by atoms with Crippen LogP contribution in [0.15, 0.2) is 52.1 Å². The number of benzene rings is 2. The molecule has 7 nitrogen and oxygen atoms in total. The van der Waals surface area contributed by atoms with Gasteiger partial charge in [-0.15, -0.1) is 0 Å². The van der Waals surface area contributed by atoms with Gasteiger partial charge < -0.3 is 9.84 Å². The summed E-state index contributed by atoms with van der Waals surface area (Å²) in [5.41, 5.74) is 2.42. The van der Waals surface area contributed by atoms with Crippen molar-refractivity contribution in [1.29, 1.82) is 0 Å². The molecule has 1 amide bonds. The Morgan fingerprint density at radius 3 is 2.65 bits per heavy atom. The minimum absolute atomic E-state index is 0.156. The number of halogens is 1. The predicted molar refractivity (Wildman–Crippen MR) is 120 cm³/mol. The fourth-order valence-electron chi connectivity index (χ4n) is 3.69. The van der Waals surface area contributed by atoms with Gasteiger partial charge in [0.25, 0.3) is 17.0 Å². The third-order valence-corrected chi connectivity index (χ3v) is 6.09. The summed E-state index contributed by atoms with van der Waals surface area (Å²) in [7, 11) is 0. The molecule has 2 aromatic carbocycles. The highest BCUT2D eigenvalue weighted by molar-refractivity contribution is 9.10. The van der Waals surface area contributed by atoms with E-state index in [0.29, 0.717) is 28.7 Å². The van der Waals surface area contributed by atoms with Gasteiger partial charge in [-0.25, -0.2) is 9.88 Å². The zero-order valence-corrected chi connectivity index (χ0v) is 19.7. The minimum atomic E-state index is -0.622. The Labute approximate surface area is 193 Å². The molecule has 0 fully saturated rings. The zero-order chi connectivity index (χ0) is 22.1. The van der Waals surface area contributed by atoms with E-state index in [1.165, 1.54) is 18.7 Å². The Balaban J connectivity index is 1.99. The van der Waals surface area contributed by atoms with E-state index in [9.17, 15) is 9.90 Å². The van der Waals surface area contributed by atoms with E-state index < -0.39 is 6.17 Å². The van der Waals surface area contributed by atoms with Gasteiger partial charge in [-0.3, -0.25) is 4.79 Å². The molecule has 0 saturated heterocycles. The molecule has 0 spiro atoms. The highest BCUT2D eigenvalue weighted by Gasteiger charge is 2.44. The standard InChI is InChI=1S/C22H21BrN4O3S/c1-4-30-16-9-6-14(7-10-16)21-26(13(3)28)18-11-8-15(23)12-17(18)19-20(29)24-22(31-5-2)25-27(19)21/h6-12,21H,4-5H2,1-3H3. The summed E-state index contributed by atoms with van der Waals surface area (Å²) < 4.78 is 7.98. The van der Waals surface area contributed by atoms with Crippen molar-refractivity contribution >= 4 is 39.3 Å². The molecule has 1 unspecified atom stereocenters. The number of nitrogens with zero attached hydrogens (tertiary/aromatic N) is 4. The SMILES string of the molecule is CCOc1ccc(C2N(C(C)=O)c3ccc(Br)cc3-c3c([O-])nc(SCC)n[n+]32)cc1. The normalized spacial score (nSPS) is 14.7. The van der Waals surface area contributed by atoms with E-state index in [1.54, 1.807) is 9.58 Å². The summed E-state index contributed by atoms with van der Waals surface area (Å²) in [6, 6.07) is 13.0. The molecule has 0 N–H and O–H groups in total. The van der Waals surface area contributed by atoms with Crippen LogP contribution in [0, 0.1) is 0 Å². The Kier molecular flexibility index (Phi) is 6.15. The van der Waals surface area contributed by atoms with Crippen molar-refractivity contribution in [2.75, 3.05) is 17.3 Å². The molecule has 160 valence electrons. The van der Waals surface area contributed by atoms with E-state index >= 15 is 0 Å². The van der Waals surface area contributed by atoms with E-state index in [1.807, 2.05) is 56.3 Å². The van der Waals surface area contributed by atoms with Crippen LogP contribution in [-0.4, -0.2) is 28.3 Å². The maximum absolute atomic E-state index is 13.1. The highest BCUT2D eigenvalue weighted by atomic mass is 79.9. The lowest BCUT2D eigenvalue weighted by Crippen LogP contribution is -2.58. The van der Waals surface area contributed by atoms with Gasteiger partial charge in [0.1, 0.15) is 5.75 Å². The predicted octanol–water partition coefficient (Wildman–Crippen LogP) is 3.69. The van der Waals surface area contributed by atoms with Crippen molar-refractivity contribution in [3.63, 3.8) is 0 Å². The molecule has 31 heavy (non-hydrogen) atoms. The number of carbonyl (C=O) groups is 1. The van der Waals surface area contributed by atoms with Crippen LogP contribution in [0.1, 0.15) is 32.5 Å². The fraction of sp³-hybridized carbons (Fsp3) is 0.273. The third kappa shape index (κ3) is 3.99. The third-order valence-electron chi connectivity index (χ3n) is 4.87. The maximum atomic E-state index is 13.1. The molecular weight excluding hydrogens is 480 g/mol. The number of fused-ring (bicyclic) bond motifs is 3. The largest absolute Gasteiger partial charge is 0.854 e. The molecular formula is C22H21BrN4O3S. The van der Waals surface area contributed by atoms with Crippen LogP contribution in [0.5, 0.6) is 11.6 Å². The molecule has 1 aromatic heterocycles. The van der Waals surface area contributed by atoms with Crippen molar-refractivity contribution in [2.45, 2.75) is 32.1 Å². The molecule has 0 radical (unpaired) electrons. The van der Waals surface area contributed by atoms with E-state index in [-0.39, 0.29) is 11.8 Å². The van der Waals surface area contributed by atoms with Crippen molar-refractivity contribution in [3.8, 4) is 22.9 Å². The molecule has 0 saturated carbocycles. The first-order valence-corrected chi connectivity index (χ1v) is 11.7. The number of carbonyl (C=O) groups excluding carboxylic acids is 1. The topological polar surface area (TPSA) is 82.3 Å². The molecule has 1 aliphatic heterocycles. The van der Waals surface area contributed by atoms with Gasteiger partial charge in [-0.1, -0.05) is 39.3 Å². The average molecular weight is 501 g/mol. The summed E-state index contributed by atoms with van der Waals surface area (Å²) in [5.74, 6) is 0.937. The molecule has 0 bridgehead atoms. The lowest BCUT2D eigenvalue weighted by Gasteiger charge is -2.33. The van der Waals surface area contributed by atoms with Crippen LogP contribution in [-0.2, 0) is 4.79 Å². The van der Waals surface area contributed by atoms with Crippen LogP contribution in [0.3, 0.4) is 0 Å². The fourth-order valence-corrected chi connectivity index (χ4v) is 4.60. The van der Waals surface area contributed by atoms with Crippen molar-refractivity contribution < 1.29 is 19.3 Å². The van der Waals surface area contributed by atoms with Gasteiger partial charge in [-0.2, -0.15) is 0 Å². The molecule has 1 atom stereocenters. The second-order valence-electron chi connectivity index (χ2n) is 6.85. The van der Waals surface area contributed by atoms with E-state index in [4.69, 9.17) is 4.74 Å². The average Bonchev–Trinajstić information content (AvgIpc) is 2.73. The zero-order valence-electron chi connectivity index (χ0n) is 17.3. The lowest BCUT2D eigenvalue weighted by molar-refractivity contribution is -0.764. The van der Waals surface area contributed by atoms with Gasteiger partial charge >= 0.3 is 0 Å². The van der Waals surface area contributed by atoms with Gasteiger partial charge in [0, 0.05) is 22.1 Å². The van der Waals surface area contributed by atoms with E-state index in [2.05, 4.69) is 26.0 Å². The summed E-state index contributed by atoms with van der Waals surface area (Å²) in [4.78, 5) is 18.7. The van der Waals surface area contributed by atoms with Gasteiger partial charge in [-0.05, 0) is 55.1 Å². The number of anilines is 1. The molecule has 3 aromatic rings. The number of aromatic nitrogens is 3. The number of hydrogen-bond acceptors (Lipinski definition) is 6. The Morgan fingerprint density at radius 1 is 1.26 bits per heavy atom. The molecule has 1 aliphatic rings. The molecule has 0 aliphatic carbocycles. The maximum Gasteiger partial charge on any atom is 0.293 e.